The van der Waals surface area contributed by atoms with E-state index in [0.717, 1.165) is 0 Å². The highest BCUT2D eigenvalue weighted by atomic mass is 16.3. The lowest BCUT2D eigenvalue weighted by molar-refractivity contribution is -0.205. The van der Waals surface area contributed by atoms with Crippen molar-refractivity contribution in [1.82, 2.24) is 19.6 Å². The third kappa shape index (κ3) is 2.38. The Kier molecular flexibility index (Phi) is 4.87. The van der Waals surface area contributed by atoms with Crippen LogP contribution in [0.15, 0.2) is 0 Å². The third-order valence-electron chi connectivity index (χ3n) is 3.84. The van der Waals surface area contributed by atoms with Crippen LogP contribution in [0.5, 0.6) is 0 Å². The first kappa shape index (κ1) is 14.1. The smallest absolute Gasteiger partial charge is 0.0970 e. The second kappa shape index (κ2) is 6.22. The van der Waals surface area contributed by atoms with E-state index in [4.69, 9.17) is 0 Å². The summed E-state index contributed by atoms with van der Waals surface area (Å²) in [6.45, 7) is 2.07. The van der Waals surface area contributed by atoms with Crippen molar-refractivity contribution in [3.8, 4) is 0 Å². The highest BCUT2D eigenvalue weighted by molar-refractivity contribution is 4.92. The molecule has 2 saturated heterocycles. The maximum atomic E-state index is 9.42. The first-order valence-corrected chi connectivity index (χ1v) is 6.16. The van der Waals surface area contributed by atoms with Gasteiger partial charge in [0.25, 0.3) is 0 Å². The zero-order valence-corrected chi connectivity index (χ0v) is 10.4. The van der Waals surface area contributed by atoms with Crippen LogP contribution in [-0.4, -0.2) is 105 Å². The summed E-state index contributed by atoms with van der Waals surface area (Å²) in [6, 6.07) is 0. The van der Waals surface area contributed by atoms with Crippen LogP contribution in [0.25, 0.3) is 0 Å². The summed E-state index contributed by atoms with van der Waals surface area (Å²) in [5.74, 6) is 0. The molecule has 0 aromatic heterocycles. The van der Waals surface area contributed by atoms with Gasteiger partial charge in [0.15, 0.2) is 0 Å². The van der Waals surface area contributed by atoms with Crippen molar-refractivity contribution in [2.45, 2.75) is 12.3 Å². The Bertz CT molecular complexity index is 220. The van der Waals surface area contributed by atoms with E-state index in [1.54, 1.807) is 0 Å². The Labute approximate surface area is 106 Å². The summed E-state index contributed by atoms with van der Waals surface area (Å²) in [5.41, 5.74) is 0. The van der Waals surface area contributed by atoms with Gasteiger partial charge in [-0.3, -0.25) is 19.6 Å². The molecule has 106 valence electrons. The molecule has 0 amide bonds. The van der Waals surface area contributed by atoms with Crippen LogP contribution in [0.3, 0.4) is 0 Å². The third-order valence-corrected chi connectivity index (χ3v) is 3.84. The topological polar surface area (TPSA) is 93.9 Å². The number of hydrogen-bond donors (Lipinski definition) is 4. The van der Waals surface area contributed by atoms with Crippen LogP contribution >= 0.6 is 0 Å². The lowest BCUT2D eigenvalue weighted by Gasteiger charge is -2.56. The second-order valence-corrected chi connectivity index (χ2v) is 4.64. The van der Waals surface area contributed by atoms with Crippen molar-refractivity contribution in [2.75, 3.05) is 53.1 Å². The number of aliphatic hydroxyl groups excluding tert-OH is 4. The summed E-state index contributed by atoms with van der Waals surface area (Å²) < 4.78 is 0. The van der Waals surface area contributed by atoms with Crippen LogP contribution in [0, 0.1) is 0 Å². The van der Waals surface area contributed by atoms with Gasteiger partial charge in [0.1, 0.15) is 0 Å². The van der Waals surface area contributed by atoms with Gasteiger partial charge in [-0.15, -0.1) is 0 Å². The molecule has 8 heteroatoms. The molecule has 18 heavy (non-hydrogen) atoms. The van der Waals surface area contributed by atoms with Crippen molar-refractivity contribution in [2.24, 2.45) is 0 Å². The van der Waals surface area contributed by atoms with E-state index in [9.17, 15) is 20.4 Å². The number of nitrogens with zero attached hydrogens (tertiary/aromatic N) is 4. The molecule has 4 N–H and O–H groups in total. The van der Waals surface area contributed by atoms with Crippen LogP contribution in [0.1, 0.15) is 0 Å². The Morgan fingerprint density at radius 2 is 0.778 bits per heavy atom. The van der Waals surface area contributed by atoms with E-state index >= 15 is 0 Å². The number of aliphatic hydroxyl groups is 4. The molecule has 0 aromatic rings. The summed E-state index contributed by atoms with van der Waals surface area (Å²) >= 11 is 0. The average Bonchev–Trinajstić information content (AvgIpc) is 2.44. The van der Waals surface area contributed by atoms with E-state index in [1.807, 2.05) is 19.6 Å². The van der Waals surface area contributed by atoms with E-state index in [0.29, 0.717) is 26.2 Å². The molecular formula is C10H22N4O4. The zero-order valence-electron chi connectivity index (χ0n) is 10.4. The summed E-state index contributed by atoms with van der Waals surface area (Å²) in [5, 5.41) is 37.7. The predicted octanol–water partition coefficient (Wildman–Crippen LogP) is -3.33. The van der Waals surface area contributed by atoms with Crippen molar-refractivity contribution in [1.29, 1.82) is 0 Å². The average molecular weight is 262 g/mol. The first-order valence-electron chi connectivity index (χ1n) is 6.16. The molecule has 0 atom stereocenters. The maximum absolute atomic E-state index is 9.42. The Morgan fingerprint density at radius 1 is 0.556 bits per heavy atom. The molecule has 0 radical (unpaired) electrons. The lowest BCUT2D eigenvalue weighted by atomic mass is 10.1. The van der Waals surface area contributed by atoms with Crippen molar-refractivity contribution in [3.63, 3.8) is 0 Å². The maximum Gasteiger partial charge on any atom is 0.0970 e. The van der Waals surface area contributed by atoms with Crippen LogP contribution < -0.4 is 0 Å². The SMILES string of the molecule is OCN1CCN(CO)C2C1N(CO)CCN2CO. The number of hydrogen-bond acceptors (Lipinski definition) is 8. The van der Waals surface area contributed by atoms with Gasteiger partial charge < -0.3 is 20.4 Å². The standard InChI is InChI=1S/C10H22N4O4/c15-5-11-1-2-12(6-16)10-9(11)13(7-17)3-4-14(10)8-18/h9-10,15-18H,1-8H2. The van der Waals surface area contributed by atoms with Crippen LogP contribution in [-0.2, 0) is 0 Å². The molecule has 0 aliphatic carbocycles. The van der Waals surface area contributed by atoms with Gasteiger partial charge in [-0.2, -0.15) is 0 Å². The molecule has 8 nitrogen and oxygen atoms in total. The van der Waals surface area contributed by atoms with Crippen molar-refractivity contribution >= 4 is 0 Å². The molecule has 2 aliphatic heterocycles. The highest BCUT2D eigenvalue weighted by Gasteiger charge is 2.45. The molecule has 0 aromatic carbocycles. The quantitative estimate of drug-likeness (QED) is 0.418. The fourth-order valence-electron chi connectivity index (χ4n) is 2.88. The molecule has 0 spiro atoms. The fraction of sp³-hybridized carbons (Fsp3) is 1.00. The molecular weight excluding hydrogens is 240 g/mol. The lowest BCUT2D eigenvalue weighted by Crippen LogP contribution is -2.74. The fourth-order valence-corrected chi connectivity index (χ4v) is 2.88. The molecule has 2 rings (SSSR count). The molecule has 0 saturated carbocycles. The summed E-state index contributed by atoms with van der Waals surface area (Å²) in [7, 11) is 0. The zero-order chi connectivity index (χ0) is 13.1. The Hall–Kier alpha value is -0.320. The summed E-state index contributed by atoms with van der Waals surface area (Å²) in [6.07, 6.45) is -0.441. The van der Waals surface area contributed by atoms with Gasteiger partial charge in [0.2, 0.25) is 0 Å². The highest BCUT2D eigenvalue weighted by Crippen LogP contribution is 2.25. The van der Waals surface area contributed by atoms with Gasteiger partial charge >= 0.3 is 0 Å². The minimum absolute atomic E-state index is 0.101. The Morgan fingerprint density at radius 3 is 0.944 bits per heavy atom. The monoisotopic (exact) mass is 262 g/mol. The minimum Gasteiger partial charge on any atom is -0.381 e. The van der Waals surface area contributed by atoms with Crippen molar-refractivity contribution < 1.29 is 20.4 Å². The van der Waals surface area contributed by atoms with Gasteiger partial charge in [-0.25, -0.2) is 0 Å². The van der Waals surface area contributed by atoms with E-state index in [-0.39, 0.29) is 39.3 Å². The molecule has 2 fully saturated rings. The number of piperazine rings is 2. The number of fused-ring (bicyclic) bond motifs is 1. The predicted molar refractivity (Wildman–Crippen MR) is 62.7 cm³/mol. The largest absolute Gasteiger partial charge is 0.381 e. The van der Waals surface area contributed by atoms with E-state index in [2.05, 4.69) is 0 Å². The minimum atomic E-state index is -0.221. The molecule has 0 unspecified atom stereocenters. The van der Waals surface area contributed by atoms with E-state index in [1.165, 1.54) is 0 Å². The van der Waals surface area contributed by atoms with Crippen LogP contribution in [0.2, 0.25) is 0 Å². The van der Waals surface area contributed by atoms with Gasteiger partial charge in [0.05, 0.1) is 39.3 Å². The van der Waals surface area contributed by atoms with E-state index < -0.39 is 0 Å². The van der Waals surface area contributed by atoms with Gasteiger partial charge in [-0.1, -0.05) is 0 Å². The summed E-state index contributed by atoms with van der Waals surface area (Å²) in [4.78, 5) is 7.37. The molecule has 2 heterocycles. The molecule has 0 bridgehead atoms. The second-order valence-electron chi connectivity index (χ2n) is 4.64. The number of rotatable bonds is 4. The Balaban J connectivity index is 2.24. The normalized spacial score (nSPS) is 32.7. The molecule has 2 aliphatic rings. The first-order chi connectivity index (χ1) is 8.76. The van der Waals surface area contributed by atoms with Gasteiger partial charge in [-0.05, 0) is 0 Å². The van der Waals surface area contributed by atoms with Crippen molar-refractivity contribution in [3.05, 3.63) is 0 Å². The van der Waals surface area contributed by atoms with Crippen LogP contribution in [0.4, 0.5) is 0 Å². The van der Waals surface area contributed by atoms with Gasteiger partial charge in [0, 0.05) is 26.2 Å².